The highest BCUT2D eigenvalue weighted by atomic mass is 16.7. The average Bonchev–Trinajstić information content (AvgIpc) is 2.78. The van der Waals surface area contributed by atoms with Crippen LogP contribution in [0.1, 0.15) is 98.8 Å². The molecule has 1 aliphatic heterocycles. The summed E-state index contributed by atoms with van der Waals surface area (Å²) in [4.78, 5) is 47.0. The standard InChI is InChI=1S/C26H45NO9/c1-6-7-8-9-10-11-12-13-14-15-16-32-26-23(27-18(2)28)25(35-21(5)31)24(34-20(4)30)22(36-26)17-33-19(3)29/h22-26H,6-17H2,1-5H3,(H,27,28)/t22-,23-,24+,25+,26-/m1/s1. The van der Waals surface area contributed by atoms with Crippen LogP contribution in [0.5, 0.6) is 0 Å². The number of ether oxygens (including phenoxy) is 5. The quantitative estimate of drug-likeness (QED) is 0.176. The van der Waals surface area contributed by atoms with Crippen molar-refractivity contribution < 1.29 is 42.9 Å². The minimum absolute atomic E-state index is 0.240. The van der Waals surface area contributed by atoms with E-state index in [0.717, 1.165) is 19.3 Å². The second kappa shape index (κ2) is 18.1. The van der Waals surface area contributed by atoms with E-state index in [0.29, 0.717) is 6.61 Å². The van der Waals surface area contributed by atoms with Gasteiger partial charge in [-0.25, -0.2) is 0 Å². The van der Waals surface area contributed by atoms with Crippen molar-refractivity contribution in [3.8, 4) is 0 Å². The molecule has 1 rings (SSSR count). The fraction of sp³-hybridized carbons (Fsp3) is 0.846. The fourth-order valence-corrected chi connectivity index (χ4v) is 4.22. The lowest BCUT2D eigenvalue weighted by Crippen LogP contribution is -2.66. The summed E-state index contributed by atoms with van der Waals surface area (Å²) in [5.41, 5.74) is 0. The van der Waals surface area contributed by atoms with E-state index in [-0.39, 0.29) is 6.61 Å². The lowest BCUT2D eigenvalue weighted by Gasteiger charge is -2.44. The van der Waals surface area contributed by atoms with Crippen molar-refractivity contribution in [2.24, 2.45) is 0 Å². The van der Waals surface area contributed by atoms with E-state index in [9.17, 15) is 19.2 Å². The molecule has 36 heavy (non-hydrogen) atoms. The minimum atomic E-state index is -1.11. The van der Waals surface area contributed by atoms with Gasteiger partial charge in [0.15, 0.2) is 18.5 Å². The monoisotopic (exact) mass is 515 g/mol. The van der Waals surface area contributed by atoms with Crippen LogP contribution in [0.15, 0.2) is 0 Å². The maximum Gasteiger partial charge on any atom is 0.303 e. The molecule has 1 amide bonds. The second-order valence-corrected chi connectivity index (χ2v) is 9.27. The summed E-state index contributed by atoms with van der Waals surface area (Å²) in [5.74, 6) is -2.21. The smallest absolute Gasteiger partial charge is 0.303 e. The zero-order valence-electron chi connectivity index (χ0n) is 22.5. The largest absolute Gasteiger partial charge is 0.463 e. The van der Waals surface area contributed by atoms with Crippen molar-refractivity contribution in [1.29, 1.82) is 0 Å². The maximum atomic E-state index is 11.9. The van der Waals surface area contributed by atoms with Crippen molar-refractivity contribution in [2.75, 3.05) is 13.2 Å². The maximum absolute atomic E-state index is 11.9. The van der Waals surface area contributed by atoms with E-state index >= 15 is 0 Å². The number of carbonyl (C=O) groups excluding carboxylic acids is 4. The average molecular weight is 516 g/mol. The molecule has 0 saturated carbocycles. The van der Waals surface area contributed by atoms with Gasteiger partial charge in [0.2, 0.25) is 5.91 Å². The van der Waals surface area contributed by atoms with Crippen molar-refractivity contribution in [1.82, 2.24) is 5.32 Å². The van der Waals surface area contributed by atoms with Crippen LogP contribution in [0, 0.1) is 0 Å². The van der Waals surface area contributed by atoms with Crippen LogP contribution in [0.25, 0.3) is 0 Å². The number of unbranched alkanes of at least 4 members (excludes halogenated alkanes) is 9. The molecule has 10 heteroatoms. The third-order valence-corrected chi connectivity index (χ3v) is 5.85. The van der Waals surface area contributed by atoms with Gasteiger partial charge in [0.25, 0.3) is 0 Å². The number of rotatable bonds is 17. The van der Waals surface area contributed by atoms with E-state index in [4.69, 9.17) is 23.7 Å². The molecule has 1 heterocycles. The van der Waals surface area contributed by atoms with Gasteiger partial charge in [0, 0.05) is 34.3 Å². The van der Waals surface area contributed by atoms with Gasteiger partial charge in [0.05, 0.1) is 0 Å². The van der Waals surface area contributed by atoms with Crippen molar-refractivity contribution in [3.05, 3.63) is 0 Å². The lowest BCUT2D eigenvalue weighted by molar-refractivity contribution is -0.277. The summed E-state index contributed by atoms with van der Waals surface area (Å²) < 4.78 is 27.9. The third-order valence-electron chi connectivity index (χ3n) is 5.85. The van der Waals surface area contributed by atoms with E-state index in [1.807, 2.05) is 0 Å². The Bertz CT molecular complexity index is 684. The lowest BCUT2D eigenvalue weighted by atomic mass is 9.96. The van der Waals surface area contributed by atoms with Crippen LogP contribution in [-0.4, -0.2) is 67.7 Å². The molecule has 0 aromatic carbocycles. The number of esters is 3. The van der Waals surface area contributed by atoms with Crippen LogP contribution >= 0.6 is 0 Å². The van der Waals surface area contributed by atoms with Gasteiger partial charge in [0.1, 0.15) is 18.8 Å². The molecule has 208 valence electrons. The molecule has 1 saturated heterocycles. The molecule has 0 aromatic heterocycles. The van der Waals surface area contributed by atoms with Crippen molar-refractivity contribution in [3.63, 3.8) is 0 Å². The van der Waals surface area contributed by atoms with Gasteiger partial charge in [-0.3, -0.25) is 19.2 Å². The predicted octanol–water partition coefficient (Wildman–Crippen LogP) is 3.58. The molecule has 0 aromatic rings. The van der Waals surface area contributed by atoms with Crippen molar-refractivity contribution in [2.45, 2.75) is 129 Å². The number of hydrogen-bond donors (Lipinski definition) is 1. The number of amides is 1. The molecular weight excluding hydrogens is 470 g/mol. The Kier molecular flexibility index (Phi) is 16.0. The van der Waals surface area contributed by atoms with E-state index in [1.54, 1.807) is 0 Å². The zero-order chi connectivity index (χ0) is 26.9. The minimum Gasteiger partial charge on any atom is -0.463 e. The first kappa shape index (κ1) is 31.8. The van der Waals surface area contributed by atoms with E-state index in [2.05, 4.69) is 12.2 Å². The van der Waals surface area contributed by atoms with Crippen LogP contribution in [0.4, 0.5) is 0 Å². The SMILES string of the molecule is CCCCCCCCCCCCO[C@@H]1O[C@H](COC(C)=O)[C@H](OC(C)=O)[C@@H](OC(C)=O)[C@H]1NC(C)=O. The number of nitrogens with one attached hydrogen (secondary N) is 1. The Morgan fingerprint density at radius 2 is 1.25 bits per heavy atom. The first-order valence-electron chi connectivity index (χ1n) is 13.2. The van der Waals surface area contributed by atoms with Gasteiger partial charge in [-0.2, -0.15) is 0 Å². The van der Waals surface area contributed by atoms with Crippen molar-refractivity contribution >= 4 is 23.8 Å². The summed E-state index contributed by atoms with van der Waals surface area (Å²) in [6.45, 7) is 7.31. The highest BCUT2D eigenvalue weighted by molar-refractivity contribution is 5.73. The normalized spacial score (nSPS) is 23.5. The summed E-state index contributed by atoms with van der Waals surface area (Å²) in [6.07, 6.45) is 7.60. The van der Waals surface area contributed by atoms with Crippen LogP contribution in [0.2, 0.25) is 0 Å². The summed E-state index contributed by atoms with van der Waals surface area (Å²) in [6, 6.07) is -0.924. The Labute approximate surface area is 215 Å². The molecule has 0 unspecified atom stereocenters. The molecule has 1 fully saturated rings. The van der Waals surface area contributed by atoms with E-state index in [1.165, 1.54) is 72.6 Å². The summed E-state index contributed by atoms with van der Waals surface area (Å²) in [7, 11) is 0. The highest BCUT2D eigenvalue weighted by Gasteiger charge is 2.51. The Balaban J connectivity index is 2.77. The molecule has 10 nitrogen and oxygen atoms in total. The van der Waals surface area contributed by atoms with Crippen LogP contribution < -0.4 is 5.32 Å². The molecule has 0 radical (unpaired) electrons. The number of hydrogen-bond acceptors (Lipinski definition) is 9. The molecule has 0 spiro atoms. The fourth-order valence-electron chi connectivity index (χ4n) is 4.22. The Morgan fingerprint density at radius 3 is 1.75 bits per heavy atom. The second-order valence-electron chi connectivity index (χ2n) is 9.27. The van der Waals surface area contributed by atoms with Gasteiger partial charge < -0.3 is 29.0 Å². The molecular formula is C26H45NO9. The van der Waals surface area contributed by atoms with Gasteiger partial charge >= 0.3 is 17.9 Å². The zero-order valence-corrected chi connectivity index (χ0v) is 22.5. The Morgan fingerprint density at radius 1 is 0.722 bits per heavy atom. The first-order chi connectivity index (χ1) is 17.1. The van der Waals surface area contributed by atoms with Crippen LogP contribution in [0.3, 0.4) is 0 Å². The molecule has 5 atom stereocenters. The van der Waals surface area contributed by atoms with Gasteiger partial charge in [-0.1, -0.05) is 64.7 Å². The van der Waals surface area contributed by atoms with Gasteiger partial charge in [-0.05, 0) is 6.42 Å². The first-order valence-corrected chi connectivity index (χ1v) is 13.2. The molecule has 0 aliphatic carbocycles. The van der Waals surface area contributed by atoms with Gasteiger partial charge in [-0.15, -0.1) is 0 Å². The topological polar surface area (TPSA) is 126 Å². The summed E-state index contributed by atoms with van der Waals surface area (Å²) in [5, 5.41) is 2.70. The number of carbonyl (C=O) groups is 4. The molecule has 0 bridgehead atoms. The van der Waals surface area contributed by atoms with Crippen LogP contribution in [-0.2, 0) is 42.9 Å². The molecule has 1 N–H and O–H groups in total. The molecule has 1 aliphatic rings. The Hall–Kier alpha value is -2.20. The van der Waals surface area contributed by atoms with E-state index < -0.39 is 54.5 Å². The predicted molar refractivity (Wildman–Crippen MR) is 132 cm³/mol. The highest BCUT2D eigenvalue weighted by Crippen LogP contribution is 2.28. The third kappa shape index (κ3) is 13.2. The summed E-state index contributed by atoms with van der Waals surface area (Å²) >= 11 is 0.